The van der Waals surface area contributed by atoms with Crippen molar-refractivity contribution >= 4 is 5.91 Å². The van der Waals surface area contributed by atoms with E-state index in [1.807, 2.05) is 50.2 Å². The summed E-state index contributed by atoms with van der Waals surface area (Å²) < 4.78 is 11.6. The molecule has 2 aromatic rings. The Hall–Kier alpha value is -2.49. The van der Waals surface area contributed by atoms with Gasteiger partial charge < -0.3 is 14.8 Å². The zero-order valence-corrected chi connectivity index (χ0v) is 17.0. The lowest BCUT2D eigenvalue weighted by Gasteiger charge is -2.19. The SMILES string of the molecule is CCC(Oc1ccccc1C)C(=O)NCCOc1ccc(C(C)(C)C)cc1. The molecule has 0 heterocycles. The highest BCUT2D eigenvalue weighted by Crippen LogP contribution is 2.24. The Labute approximate surface area is 162 Å². The van der Waals surface area contributed by atoms with Crippen LogP contribution in [0.1, 0.15) is 45.2 Å². The summed E-state index contributed by atoms with van der Waals surface area (Å²) in [5, 5.41) is 2.89. The minimum absolute atomic E-state index is 0.118. The molecule has 1 N–H and O–H groups in total. The van der Waals surface area contributed by atoms with Crippen molar-refractivity contribution in [1.82, 2.24) is 5.32 Å². The second-order valence-corrected chi connectivity index (χ2v) is 7.69. The van der Waals surface area contributed by atoms with Gasteiger partial charge in [-0.15, -0.1) is 0 Å². The molecule has 2 rings (SSSR count). The lowest BCUT2D eigenvalue weighted by molar-refractivity contribution is -0.128. The molecule has 0 aromatic heterocycles. The second-order valence-electron chi connectivity index (χ2n) is 7.69. The number of rotatable bonds is 8. The van der Waals surface area contributed by atoms with Gasteiger partial charge in [0.1, 0.15) is 18.1 Å². The van der Waals surface area contributed by atoms with Gasteiger partial charge in [0.25, 0.3) is 5.91 Å². The molecule has 0 fully saturated rings. The van der Waals surface area contributed by atoms with Crippen molar-refractivity contribution in [1.29, 1.82) is 0 Å². The van der Waals surface area contributed by atoms with E-state index in [2.05, 4.69) is 38.2 Å². The van der Waals surface area contributed by atoms with Gasteiger partial charge in [0.2, 0.25) is 0 Å². The Morgan fingerprint density at radius 1 is 1.07 bits per heavy atom. The highest BCUT2D eigenvalue weighted by molar-refractivity contribution is 5.81. The fourth-order valence-electron chi connectivity index (χ4n) is 2.67. The average Bonchev–Trinajstić information content (AvgIpc) is 2.64. The van der Waals surface area contributed by atoms with Crippen LogP contribution in [-0.2, 0) is 10.2 Å². The van der Waals surface area contributed by atoms with Gasteiger partial charge in [-0.1, -0.05) is 58.0 Å². The Morgan fingerprint density at radius 3 is 2.33 bits per heavy atom. The van der Waals surface area contributed by atoms with Gasteiger partial charge in [-0.05, 0) is 48.1 Å². The molecule has 27 heavy (non-hydrogen) atoms. The molecule has 1 atom stereocenters. The number of para-hydroxylation sites is 1. The molecule has 4 heteroatoms. The molecule has 0 saturated carbocycles. The number of benzene rings is 2. The first-order valence-electron chi connectivity index (χ1n) is 9.54. The number of hydrogen-bond donors (Lipinski definition) is 1. The molecule has 146 valence electrons. The van der Waals surface area contributed by atoms with Gasteiger partial charge in [-0.25, -0.2) is 0 Å². The van der Waals surface area contributed by atoms with Crippen LogP contribution >= 0.6 is 0 Å². The van der Waals surface area contributed by atoms with E-state index in [0.29, 0.717) is 19.6 Å². The highest BCUT2D eigenvalue weighted by Gasteiger charge is 2.18. The predicted molar refractivity (Wildman–Crippen MR) is 110 cm³/mol. The van der Waals surface area contributed by atoms with E-state index >= 15 is 0 Å². The summed E-state index contributed by atoms with van der Waals surface area (Å²) in [5.41, 5.74) is 2.41. The molecule has 0 saturated heterocycles. The van der Waals surface area contributed by atoms with Crippen LogP contribution in [0.15, 0.2) is 48.5 Å². The molecule has 1 amide bonds. The Balaban J connectivity index is 1.78. The van der Waals surface area contributed by atoms with Crippen LogP contribution in [0.2, 0.25) is 0 Å². The number of ether oxygens (including phenoxy) is 2. The largest absolute Gasteiger partial charge is 0.492 e. The minimum Gasteiger partial charge on any atom is -0.492 e. The first-order valence-corrected chi connectivity index (χ1v) is 9.54. The zero-order chi connectivity index (χ0) is 19.9. The summed E-state index contributed by atoms with van der Waals surface area (Å²) in [6.45, 7) is 11.3. The third kappa shape index (κ3) is 6.31. The van der Waals surface area contributed by atoms with E-state index in [4.69, 9.17) is 9.47 Å². The Bertz CT molecular complexity index is 732. The first kappa shape index (κ1) is 20.8. The van der Waals surface area contributed by atoms with Gasteiger partial charge in [-0.2, -0.15) is 0 Å². The second kappa shape index (κ2) is 9.45. The smallest absolute Gasteiger partial charge is 0.261 e. The molecule has 0 aliphatic rings. The van der Waals surface area contributed by atoms with Crippen LogP contribution in [0.3, 0.4) is 0 Å². The van der Waals surface area contributed by atoms with Crippen molar-refractivity contribution in [2.45, 2.75) is 52.6 Å². The van der Waals surface area contributed by atoms with Crippen LogP contribution in [0.5, 0.6) is 11.5 Å². The zero-order valence-electron chi connectivity index (χ0n) is 17.0. The lowest BCUT2D eigenvalue weighted by Crippen LogP contribution is -2.39. The van der Waals surface area contributed by atoms with Crippen molar-refractivity contribution in [2.75, 3.05) is 13.2 Å². The summed E-state index contributed by atoms with van der Waals surface area (Å²) in [6.07, 6.45) is 0.104. The van der Waals surface area contributed by atoms with Crippen molar-refractivity contribution in [2.24, 2.45) is 0 Å². The molecule has 0 aliphatic heterocycles. The third-order valence-corrected chi connectivity index (χ3v) is 4.42. The van der Waals surface area contributed by atoms with Crippen LogP contribution in [0.4, 0.5) is 0 Å². The standard InChI is InChI=1S/C23H31NO3/c1-6-20(27-21-10-8-7-9-17(21)2)22(25)24-15-16-26-19-13-11-18(12-14-19)23(3,4)5/h7-14,20H,6,15-16H2,1-5H3,(H,24,25). The number of hydrogen-bond acceptors (Lipinski definition) is 3. The van der Waals surface area contributed by atoms with Gasteiger partial charge in [0.15, 0.2) is 6.10 Å². The first-order chi connectivity index (χ1) is 12.8. The molecular weight excluding hydrogens is 338 g/mol. The maximum absolute atomic E-state index is 12.4. The third-order valence-electron chi connectivity index (χ3n) is 4.42. The summed E-state index contributed by atoms with van der Waals surface area (Å²) in [4.78, 5) is 12.4. The molecule has 1 unspecified atom stereocenters. The van der Waals surface area contributed by atoms with E-state index in [9.17, 15) is 4.79 Å². The molecule has 0 bridgehead atoms. The number of carbonyl (C=O) groups is 1. The fraction of sp³-hybridized carbons (Fsp3) is 0.435. The van der Waals surface area contributed by atoms with Gasteiger partial charge in [-0.3, -0.25) is 4.79 Å². The molecule has 0 radical (unpaired) electrons. The summed E-state index contributed by atoms with van der Waals surface area (Å²) >= 11 is 0. The van der Waals surface area contributed by atoms with Crippen molar-refractivity contribution in [3.63, 3.8) is 0 Å². The fourth-order valence-corrected chi connectivity index (χ4v) is 2.67. The van der Waals surface area contributed by atoms with Crippen molar-refractivity contribution < 1.29 is 14.3 Å². The van der Waals surface area contributed by atoms with Crippen molar-refractivity contribution in [3.8, 4) is 11.5 Å². The molecule has 0 spiro atoms. The van der Waals surface area contributed by atoms with Gasteiger partial charge in [0.05, 0.1) is 6.54 Å². The monoisotopic (exact) mass is 369 g/mol. The van der Waals surface area contributed by atoms with Crippen LogP contribution in [0.25, 0.3) is 0 Å². The molecule has 2 aromatic carbocycles. The normalized spacial score (nSPS) is 12.3. The van der Waals surface area contributed by atoms with Crippen LogP contribution < -0.4 is 14.8 Å². The maximum Gasteiger partial charge on any atom is 0.261 e. The average molecular weight is 370 g/mol. The van der Waals surface area contributed by atoms with E-state index in [1.54, 1.807) is 0 Å². The number of nitrogens with one attached hydrogen (secondary N) is 1. The Kier molecular flexibility index (Phi) is 7.28. The van der Waals surface area contributed by atoms with Gasteiger partial charge >= 0.3 is 0 Å². The molecule has 0 aliphatic carbocycles. The van der Waals surface area contributed by atoms with Crippen LogP contribution in [0, 0.1) is 6.92 Å². The molecule has 4 nitrogen and oxygen atoms in total. The summed E-state index contributed by atoms with van der Waals surface area (Å²) in [6, 6.07) is 15.8. The highest BCUT2D eigenvalue weighted by atomic mass is 16.5. The minimum atomic E-state index is -0.503. The number of aryl methyl sites for hydroxylation is 1. The number of amides is 1. The molecular formula is C23H31NO3. The lowest BCUT2D eigenvalue weighted by atomic mass is 9.87. The quantitative estimate of drug-likeness (QED) is 0.689. The topological polar surface area (TPSA) is 47.6 Å². The van der Waals surface area contributed by atoms with E-state index in [0.717, 1.165) is 17.1 Å². The van der Waals surface area contributed by atoms with E-state index in [-0.39, 0.29) is 11.3 Å². The maximum atomic E-state index is 12.4. The Morgan fingerprint density at radius 2 is 1.74 bits per heavy atom. The number of carbonyl (C=O) groups excluding carboxylic acids is 1. The summed E-state index contributed by atoms with van der Waals surface area (Å²) in [7, 11) is 0. The summed E-state index contributed by atoms with van der Waals surface area (Å²) in [5.74, 6) is 1.43. The predicted octanol–water partition coefficient (Wildman–Crippen LogP) is 4.65. The van der Waals surface area contributed by atoms with E-state index < -0.39 is 6.10 Å². The van der Waals surface area contributed by atoms with E-state index in [1.165, 1.54) is 5.56 Å². The van der Waals surface area contributed by atoms with Crippen LogP contribution in [-0.4, -0.2) is 25.2 Å². The van der Waals surface area contributed by atoms with Crippen molar-refractivity contribution in [3.05, 3.63) is 59.7 Å². The van der Waals surface area contributed by atoms with Gasteiger partial charge in [0, 0.05) is 0 Å².